The topological polar surface area (TPSA) is 75.3 Å². The van der Waals surface area contributed by atoms with Crippen LogP contribution < -0.4 is 10.6 Å². The lowest BCUT2D eigenvalue weighted by Crippen LogP contribution is -2.24. The molecular formula is C27H54N2O3. The molecule has 0 aliphatic rings. The summed E-state index contributed by atoms with van der Waals surface area (Å²) in [7, 11) is 1.96. The van der Waals surface area contributed by atoms with E-state index in [1.165, 1.54) is 19.8 Å². The van der Waals surface area contributed by atoms with Gasteiger partial charge in [0, 0.05) is 23.6 Å². The third kappa shape index (κ3) is 26.0. The summed E-state index contributed by atoms with van der Waals surface area (Å²) in [5.41, 5.74) is 1.08. The number of carbonyl (C=O) groups excluding carboxylic acids is 3. The maximum Gasteiger partial charge on any atom is 0.221 e. The van der Waals surface area contributed by atoms with E-state index in [2.05, 4.69) is 38.3 Å². The molecule has 5 heteroatoms. The number of anilines is 1. The van der Waals surface area contributed by atoms with Gasteiger partial charge in [-0.2, -0.15) is 0 Å². The van der Waals surface area contributed by atoms with Crippen molar-refractivity contribution in [1.82, 2.24) is 5.32 Å². The summed E-state index contributed by atoms with van der Waals surface area (Å²) in [4.78, 5) is 31.2. The average molecular weight is 455 g/mol. The Morgan fingerprint density at radius 1 is 0.875 bits per heavy atom. The van der Waals surface area contributed by atoms with Crippen molar-refractivity contribution in [2.75, 3.05) is 18.9 Å². The molecule has 0 aliphatic carbocycles. The number of Topliss-reactive ketones (excluding diaryl/α,β-unsaturated/α-hetero) is 1. The predicted octanol–water partition coefficient (Wildman–Crippen LogP) is 7.55. The smallest absolute Gasteiger partial charge is 0.221 e. The monoisotopic (exact) mass is 454 g/mol. The first-order valence-corrected chi connectivity index (χ1v) is 12.1. The second-order valence-electron chi connectivity index (χ2n) is 7.03. The molecule has 190 valence electrons. The lowest BCUT2D eigenvalue weighted by Gasteiger charge is -2.22. The lowest BCUT2D eigenvalue weighted by molar-refractivity contribution is -0.114. The third-order valence-corrected chi connectivity index (χ3v) is 3.46. The lowest BCUT2D eigenvalue weighted by atomic mass is 9.80. The first kappa shape index (κ1) is 40.4. The number of carbonyl (C=O) groups is 3. The highest BCUT2D eigenvalue weighted by Crippen LogP contribution is 2.27. The van der Waals surface area contributed by atoms with Crippen LogP contribution in [0.25, 0.3) is 0 Å². The zero-order chi connectivity index (χ0) is 26.6. The number of amides is 1. The van der Waals surface area contributed by atoms with Crippen LogP contribution in [-0.2, 0) is 9.59 Å². The van der Waals surface area contributed by atoms with Crippen molar-refractivity contribution in [1.29, 1.82) is 0 Å². The highest BCUT2D eigenvalue weighted by Gasteiger charge is 2.27. The van der Waals surface area contributed by atoms with Crippen molar-refractivity contribution in [2.24, 2.45) is 5.41 Å². The molecule has 2 N–H and O–H groups in total. The van der Waals surface area contributed by atoms with Gasteiger partial charge in [-0.3, -0.25) is 9.59 Å². The Labute approximate surface area is 200 Å². The van der Waals surface area contributed by atoms with Crippen molar-refractivity contribution in [3.63, 3.8) is 0 Å². The molecule has 0 aliphatic heterocycles. The van der Waals surface area contributed by atoms with Gasteiger partial charge in [0.15, 0.2) is 5.78 Å². The zero-order valence-electron chi connectivity index (χ0n) is 23.3. The molecule has 0 fully saturated rings. The fourth-order valence-corrected chi connectivity index (χ4v) is 2.29. The third-order valence-electron chi connectivity index (χ3n) is 3.46. The molecule has 0 saturated carbocycles. The number of hydrogen-bond donors (Lipinski definition) is 2. The van der Waals surface area contributed by atoms with Crippen LogP contribution in [0.2, 0.25) is 0 Å². The Morgan fingerprint density at radius 2 is 1.28 bits per heavy atom. The Morgan fingerprint density at radius 3 is 1.53 bits per heavy atom. The molecule has 0 bridgehead atoms. The molecular weight excluding hydrogens is 400 g/mol. The molecule has 1 amide bonds. The van der Waals surface area contributed by atoms with Crippen LogP contribution in [0, 0.1) is 5.41 Å². The van der Waals surface area contributed by atoms with E-state index in [0.717, 1.165) is 19.4 Å². The molecule has 0 aromatic heterocycles. The van der Waals surface area contributed by atoms with E-state index in [4.69, 9.17) is 4.79 Å². The van der Waals surface area contributed by atoms with Gasteiger partial charge < -0.3 is 15.4 Å². The van der Waals surface area contributed by atoms with Crippen molar-refractivity contribution in [2.45, 2.75) is 102 Å². The fraction of sp³-hybridized carbons (Fsp3) is 0.667. The van der Waals surface area contributed by atoms with Crippen LogP contribution in [0.5, 0.6) is 0 Å². The largest absolute Gasteiger partial charge is 0.326 e. The van der Waals surface area contributed by atoms with Gasteiger partial charge in [0.1, 0.15) is 6.79 Å². The molecule has 1 rings (SSSR count). The van der Waals surface area contributed by atoms with Crippen LogP contribution >= 0.6 is 0 Å². The van der Waals surface area contributed by atoms with Crippen molar-refractivity contribution < 1.29 is 14.4 Å². The average Bonchev–Trinajstić information content (AvgIpc) is 2.79. The number of benzene rings is 1. The van der Waals surface area contributed by atoms with Gasteiger partial charge in [0.2, 0.25) is 5.91 Å². The van der Waals surface area contributed by atoms with E-state index >= 15 is 0 Å². The fourth-order valence-electron chi connectivity index (χ4n) is 2.29. The van der Waals surface area contributed by atoms with Gasteiger partial charge in [-0.25, -0.2) is 0 Å². The van der Waals surface area contributed by atoms with Crippen molar-refractivity contribution in [3.05, 3.63) is 29.8 Å². The number of ketones is 1. The SMILES string of the molecule is C=O.CC.CC.CCC.CCCC(C)(C)C(=O)c1ccc(NC(C)=O)cc1.CCCNC. The number of nitrogens with one attached hydrogen (secondary N) is 2. The van der Waals surface area contributed by atoms with Crippen LogP contribution in [-0.4, -0.2) is 32.1 Å². The van der Waals surface area contributed by atoms with E-state index in [0.29, 0.717) is 11.3 Å². The minimum Gasteiger partial charge on any atom is -0.326 e. The highest BCUT2D eigenvalue weighted by atomic mass is 16.1. The minimum absolute atomic E-state index is 0.111. The van der Waals surface area contributed by atoms with Gasteiger partial charge in [-0.15, -0.1) is 0 Å². The second kappa shape index (κ2) is 31.2. The van der Waals surface area contributed by atoms with Crippen molar-refractivity contribution >= 4 is 24.2 Å². The molecule has 0 radical (unpaired) electrons. The summed E-state index contributed by atoms with van der Waals surface area (Å²) >= 11 is 0. The first-order chi connectivity index (χ1) is 15.2. The van der Waals surface area contributed by atoms with Crippen LogP contribution in [0.15, 0.2) is 24.3 Å². The van der Waals surface area contributed by atoms with Crippen molar-refractivity contribution in [3.8, 4) is 0 Å². The van der Waals surface area contributed by atoms with E-state index in [1.807, 2.05) is 55.4 Å². The van der Waals surface area contributed by atoms with Crippen LogP contribution in [0.3, 0.4) is 0 Å². The summed E-state index contributed by atoms with van der Waals surface area (Å²) in [5.74, 6) is 0.0408. The second-order valence-corrected chi connectivity index (χ2v) is 7.03. The maximum absolute atomic E-state index is 12.3. The molecule has 32 heavy (non-hydrogen) atoms. The van der Waals surface area contributed by atoms with Crippen LogP contribution in [0.4, 0.5) is 5.69 Å². The molecule has 5 nitrogen and oxygen atoms in total. The summed E-state index contributed by atoms with van der Waals surface area (Å²) in [6, 6.07) is 7.06. The van der Waals surface area contributed by atoms with Gasteiger partial charge >= 0.3 is 0 Å². The van der Waals surface area contributed by atoms with Gasteiger partial charge in [0.05, 0.1) is 0 Å². The quantitative estimate of drug-likeness (QED) is 0.417. The normalized spacial score (nSPS) is 8.62. The summed E-state index contributed by atoms with van der Waals surface area (Å²) in [6.45, 7) is 25.0. The molecule has 0 unspecified atom stereocenters. The number of rotatable bonds is 7. The van der Waals surface area contributed by atoms with E-state index in [-0.39, 0.29) is 17.1 Å². The Kier molecular flexibility index (Phi) is 39.3. The Hall–Kier alpha value is -2.01. The van der Waals surface area contributed by atoms with E-state index in [1.54, 1.807) is 24.3 Å². The number of hydrogen-bond acceptors (Lipinski definition) is 4. The zero-order valence-corrected chi connectivity index (χ0v) is 23.3. The molecule has 0 saturated heterocycles. The van der Waals surface area contributed by atoms with Gasteiger partial charge in [0.25, 0.3) is 0 Å². The molecule has 0 heterocycles. The Balaban J connectivity index is -0.000000144. The molecule has 0 spiro atoms. The summed E-state index contributed by atoms with van der Waals surface area (Å²) < 4.78 is 0. The van der Waals surface area contributed by atoms with E-state index in [9.17, 15) is 9.59 Å². The molecule has 1 aromatic carbocycles. The predicted molar refractivity (Wildman–Crippen MR) is 144 cm³/mol. The van der Waals surface area contributed by atoms with Gasteiger partial charge in [-0.05, 0) is 50.7 Å². The molecule has 1 aromatic rings. The standard InChI is InChI=1S/C15H21NO2.C4H11N.C3H8.2C2H6.CH2O/c1-5-10-15(3,4)14(18)12-6-8-13(9-7-12)16-11(2)17;1-3-4-5-2;1-3-2;3*1-2/h6-9H,5,10H2,1-4H3,(H,16,17);5H,3-4H2,1-2H3;3H2,1-2H3;2*1-2H3;1H2. The Bertz CT molecular complexity index is 510. The highest BCUT2D eigenvalue weighted by molar-refractivity contribution is 6.00. The maximum atomic E-state index is 12.3. The summed E-state index contributed by atoms with van der Waals surface area (Å²) in [5, 5.41) is 5.70. The molecule has 0 atom stereocenters. The van der Waals surface area contributed by atoms with Gasteiger partial charge in [-0.1, -0.05) is 82.1 Å². The first-order valence-electron chi connectivity index (χ1n) is 12.1. The van der Waals surface area contributed by atoms with Crippen LogP contribution in [0.1, 0.15) is 112 Å². The van der Waals surface area contributed by atoms with E-state index < -0.39 is 0 Å². The minimum atomic E-state index is -0.329. The summed E-state index contributed by atoms with van der Waals surface area (Å²) in [6.07, 6.45) is 4.35.